The van der Waals surface area contributed by atoms with Gasteiger partial charge in [-0.15, -0.1) is 25.6 Å². The Kier molecular flexibility index (Phi) is 8.83. The van der Waals surface area contributed by atoms with E-state index in [2.05, 4.69) is 30.7 Å². The van der Waals surface area contributed by atoms with E-state index in [1.54, 1.807) is 30.3 Å². The molecule has 0 fully saturated rings. The molecule has 0 aliphatic heterocycles. The highest BCUT2D eigenvalue weighted by molar-refractivity contribution is 7.86. The number of ether oxygens (including phenoxy) is 1. The molecule has 4 N–H and O–H groups in total. The molecule has 0 heterocycles. The number of methoxy groups -OCH3 is 1. The van der Waals surface area contributed by atoms with Crippen LogP contribution in [0.5, 0.6) is 17.2 Å². The highest BCUT2D eigenvalue weighted by atomic mass is 32.2. The van der Waals surface area contributed by atoms with E-state index >= 15 is 0 Å². The normalized spacial score (nSPS) is 12.5. The van der Waals surface area contributed by atoms with Crippen LogP contribution in [0.1, 0.15) is 0 Å². The lowest BCUT2D eigenvalue weighted by Crippen LogP contribution is -1.99. The van der Waals surface area contributed by atoms with Crippen molar-refractivity contribution in [3.05, 3.63) is 91.0 Å². The second-order valence-electron chi connectivity index (χ2n) is 9.36. The Balaban J connectivity index is 1.61. The first-order valence-electron chi connectivity index (χ1n) is 12.9. The molecule has 0 atom stereocenters. The molecule has 0 saturated heterocycles. The van der Waals surface area contributed by atoms with Crippen LogP contribution in [0.3, 0.4) is 0 Å². The first-order valence-corrected chi connectivity index (χ1v) is 15.8. The zero-order valence-corrected chi connectivity index (χ0v) is 25.1. The van der Waals surface area contributed by atoms with Gasteiger partial charge in [0.15, 0.2) is 0 Å². The van der Waals surface area contributed by atoms with Crippen LogP contribution >= 0.6 is 0 Å². The summed E-state index contributed by atoms with van der Waals surface area (Å²) in [5.41, 5.74) is 0.361. The average Bonchev–Trinajstić information content (AvgIpc) is 3.01. The first-order chi connectivity index (χ1) is 21.8. The molecular weight excluding hydrogens is 640 g/mol. The van der Waals surface area contributed by atoms with Crippen molar-refractivity contribution in [1.29, 1.82) is 0 Å². The molecular formula is C29H22N6O9S2. The maximum atomic E-state index is 12.2. The highest BCUT2D eigenvalue weighted by Crippen LogP contribution is 2.41. The number of rotatable bonds is 9. The number of fused-ring (bicyclic) bond motifs is 1. The van der Waals surface area contributed by atoms with Gasteiger partial charge in [0, 0.05) is 22.9 Å². The molecule has 0 aliphatic rings. The molecule has 0 aromatic heterocycles. The Morgan fingerprint density at radius 3 is 1.80 bits per heavy atom. The van der Waals surface area contributed by atoms with Gasteiger partial charge < -0.3 is 14.9 Å². The van der Waals surface area contributed by atoms with E-state index in [1.807, 2.05) is 0 Å². The van der Waals surface area contributed by atoms with E-state index in [0.717, 1.165) is 24.3 Å². The Labute approximate surface area is 261 Å². The molecule has 5 rings (SSSR count). The van der Waals surface area contributed by atoms with Gasteiger partial charge in [-0.3, -0.25) is 9.11 Å². The molecule has 15 nitrogen and oxygen atoms in total. The van der Waals surface area contributed by atoms with Crippen molar-refractivity contribution in [2.24, 2.45) is 30.7 Å². The SMILES string of the molecule is COc1cc(N=Nc2ccccc2)c(S(=O)(=O)O)cc1N=Nc1ccc(N=Nc2ccc(O)cc2O)c2ccc(S(=O)(=O)O)cc12. The molecule has 5 aromatic carbocycles. The first kappa shape index (κ1) is 31.8. The van der Waals surface area contributed by atoms with Crippen molar-refractivity contribution < 1.29 is 40.9 Å². The van der Waals surface area contributed by atoms with Crippen molar-refractivity contribution >= 4 is 65.1 Å². The van der Waals surface area contributed by atoms with E-state index in [0.29, 0.717) is 11.1 Å². The molecule has 234 valence electrons. The average molecular weight is 663 g/mol. The third-order valence-electron chi connectivity index (χ3n) is 6.30. The van der Waals surface area contributed by atoms with Crippen LogP contribution in [0.25, 0.3) is 10.8 Å². The number of hydrogen-bond donors (Lipinski definition) is 4. The Morgan fingerprint density at radius 1 is 0.565 bits per heavy atom. The number of phenolic OH excluding ortho intramolecular Hbond substituents is 2. The minimum atomic E-state index is -4.83. The van der Waals surface area contributed by atoms with Crippen molar-refractivity contribution in [1.82, 2.24) is 0 Å². The van der Waals surface area contributed by atoms with Gasteiger partial charge in [0.2, 0.25) is 0 Å². The second-order valence-corrected chi connectivity index (χ2v) is 12.2. The van der Waals surface area contributed by atoms with E-state index in [4.69, 9.17) is 4.74 Å². The fourth-order valence-electron chi connectivity index (χ4n) is 4.11. The zero-order chi connectivity index (χ0) is 33.1. The van der Waals surface area contributed by atoms with Gasteiger partial charge in [-0.25, -0.2) is 0 Å². The lowest BCUT2D eigenvalue weighted by Gasteiger charge is -2.09. The summed E-state index contributed by atoms with van der Waals surface area (Å²) in [5, 5.41) is 44.3. The van der Waals surface area contributed by atoms with Gasteiger partial charge >= 0.3 is 0 Å². The van der Waals surface area contributed by atoms with Gasteiger partial charge in [-0.1, -0.05) is 24.3 Å². The van der Waals surface area contributed by atoms with Crippen LogP contribution in [0, 0.1) is 0 Å². The summed E-state index contributed by atoms with van der Waals surface area (Å²) in [6.45, 7) is 0. The summed E-state index contributed by atoms with van der Waals surface area (Å²) in [6.07, 6.45) is 0. The fourth-order valence-corrected chi connectivity index (χ4v) is 5.25. The number of nitrogens with zero attached hydrogens (tertiary/aromatic N) is 6. The van der Waals surface area contributed by atoms with Crippen LogP contribution in [-0.4, -0.2) is 43.3 Å². The third kappa shape index (κ3) is 7.19. The van der Waals surface area contributed by atoms with Crippen molar-refractivity contribution in [2.75, 3.05) is 7.11 Å². The maximum absolute atomic E-state index is 12.2. The molecule has 0 bridgehead atoms. The van der Waals surface area contributed by atoms with Gasteiger partial charge in [0.25, 0.3) is 20.2 Å². The van der Waals surface area contributed by atoms with E-state index in [1.165, 1.54) is 43.5 Å². The predicted octanol–water partition coefficient (Wildman–Crippen LogP) is 8.00. The fraction of sp³-hybridized carbons (Fsp3) is 0.0345. The van der Waals surface area contributed by atoms with Gasteiger partial charge in [-0.05, 0) is 54.6 Å². The van der Waals surface area contributed by atoms with Gasteiger partial charge in [-0.2, -0.15) is 21.9 Å². The number of aromatic hydroxyl groups is 2. The Morgan fingerprint density at radius 2 is 1.17 bits per heavy atom. The van der Waals surface area contributed by atoms with Crippen LogP contribution in [0.4, 0.5) is 34.1 Å². The summed E-state index contributed by atoms with van der Waals surface area (Å²) in [6, 6.07) is 20.8. The summed E-state index contributed by atoms with van der Waals surface area (Å²) in [4.78, 5) is -1.09. The van der Waals surface area contributed by atoms with E-state index in [9.17, 15) is 36.2 Å². The molecule has 5 aromatic rings. The lowest BCUT2D eigenvalue weighted by atomic mass is 10.1. The van der Waals surface area contributed by atoms with Gasteiger partial charge in [0.1, 0.15) is 39.2 Å². The summed E-state index contributed by atoms with van der Waals surface area (Å²) >= 11 is 0. The number of phenols is 2. The summed E-state index contributed by atoms with van der Waals surface area (Å²) < 4.78 is 73.2. The number of benzene rings is 5. The molecule has 0 unspecified atom stereocenters. The molecule has 0 amide bonds. The molecule has 0 saturated carbocycles. The second kappa shape index (κ2) is 12.8. The van der Waals surface area contributed by atoms with Gasteiger partial charge in [0.05, 0.1) is 29.1 Å². The van der Waals surface area contributed by atoms with Crippen LogP contribution in [0.2, 0.25) is 0 Å². The smallest absolute Gasteiger partial charge is 0.296 e. The largest absolute Gasteiger partial charge is 0.508 e. The Bertz CT molecular complexity index is 2280. The number of hydrogen-bond acceptors (Lipinski definition) is 13. The highest BCUT2D eigenvalue weighted by Gasteiger charge is 2.21. The zero-order valence-electron chi connectivity index (χ0n) is 23.5. The van der Waals surface area contributed by atoms with Crippen molar-refractivity contribution in [3.8, 4) is 17.2 Å². The summed E-state index contributed by atoms with van der Waals surface area (Å²) in [5.74, 6) is -0.501. The minimum absolute atomic E-state index is 0.0141. The number of azo groups is 3. The van der Waals surface area contributed by atoms with Crippen LogP contribution in [0.15, 0.2) is 131 Å². The summed E-state index contributed by atoms with van der Waals surface area (Å²) in [7, 11) is -8.17. The van der Waals surface area contributed by atoms with E-state index in [-0.39, 0.29) is 51.1 Å². The molecule has 0 radical (unpaired) electrons. The van der Waals surface area contributed by atoms with Crippen LogP contribution in [-0.2, 0) is 20.2 Å². The minimum Gasteiger partial charge on any atom is -0.508 e. The standard InChI is InChI=1S/C29H22N6O9S2/c1-44-28-15-26(35-30-17-5-3-2-4-6-17)29(46(41,42)43)16-25(28)34-32-23-12-11-22(31-33-24-10-7-18(36)13-27(24)37)20-9-8-19(14-21(20)23)45(38,39)40/h2-16,36-37H,1H3,(H,38,39,40)(H,41,42,43). The topological polar surface area (TPSA) is 233 Å². The monoisotopic (exact) mass is 662 g/mol. The molecule has 17 heteroatoms. The predicted molar refractivity (Wildman–Crippen MR) is 165 cm³/mol. The third-order valence-corrected chi connectivity index (χ3v) is 8.03. The quantitative estimate of drug-likeness (QED) is 0.0882. The maximum Gasteiger partial charge on any atom is 0.296 e. The lowest BCUT2D eigenvalue weighted by molar-refractivity contribution is 0.415. The molecule has 46 heavy (non-hydrogen) atoms. The Hall–Kier alpha value is -5.62. The van der Waals surface area contributed by atoms with E-state index < -0.39 is 30.0 Å². The van der Waals surface area contributed by atoms with Crippen molar-refractivity contribution in [3.63, 3.8) is 0 Å². The molecule has 0 aliphatic carbocycles. The van der Waals surface area contributed by atoms with Crippen LogP contribution < -0.4 is 4.74 Å². The van der Waals surface area contributed by atoms with Crippen molar-refractivity contribution in [2.45, 2.75) is 9.79 Å². The molecule has 0 spiro atoms.